The third kappa shape index (κ3) is 1.93. The number of hydrogen-bond acceptors (Lipinski definition) is 1. The first-order chi connectivity index (χ1) is 9.72. The Hall–Kier alpha value is -2.36. The topological polar surface area (TPSA) is 26.9 Å². The molecule has 0 aliphatic carbocycles. The maximum Gasteiger partial charge on any atom is 0.329 e. The van der Waals surface area contributed by atoms with E-state index >= 15 is 0 Å². The summed E-state index contributed by atoms with van der Waals surface area (Å²) < 4.78 is 17.1. The number of imidazole rings is 1. The van der Waals surface area contributed by atoms with Gasteiger partial charge >= 0.3 is 5.69 Å². The second-order valence-corrected chi connectivity index (χ2v) is 4.69. The molecule has 0 bridgehead atoms. The van der Waals surface area contributed by atoms with Crippen molar-refractivity contribution in [1.29, 1.82) is 0 Å². The van der Waals surface area contributed by atoms with E-state index in [2.05, 4.69) is 0 Å². The molecule has 2 aromatic carbocycles. The number of para-hydroxylation sites is 2. The molecule has 102 valence electrons. The molecule has 0 unspecified atom stereocenters. The molecule has 0 aliphatic heterocycles. The van der Waals surface area contributed by atoms with Gasteiger partial charge < -0.3 is 0 Å². The smallest absolute Gasteiger partial charge is 0.292 e. The second-order valence-electron chi connectivity index (χ2n) is 4.69. The summed E-state index contributed by atoms with van der Waals surface area (Å²) in [5.41, 5.74) is 2.14. The fourth-order valence-corrected chi connectivity index (χ4v) is 2.53. The molecule has 0 N–H and O–H groups in total. The van der Waals surface area contributed by atoms with Crippen LogP contribution < -0.4 is 5.69 Å². The van der Waals surface area contributed by atoms with E-state index in [9.17, 15) is 9.18 Å². The predicted molar refractivity (Wildman–Crippen MR) is 77.4 cm³/mol. The van der Waals surface area contributed by atoms with Crippen molar-refractivity contribution in [2.45, 2.75) is 20.0 Å². The van der Waals surface area contributed by atoms with Gasteiger partial charge in [-0.05, 0) is 25.1 Å². The van der Waals surface area contributed by atoms with Crippen LogP contribution in [0.15, 0.2) is 53.3 Å². The van der Waals surface area contributed by atoms with Gasteiger partial charge in [0.1, 0.15) is 5.82 Å². The molecule has 0 saturated carbocycles. The van der Waals surface area contributed by atoms with Crippen LogP contribution in [0.1, 0.15) is 12.5 Å². The molecule has 0 aliphatic rings. The highest BCUT2D eigenvalue weighted by Gasteiger charge is 2.12. The summed E-state index contributed by atoms with van der Waals surface area (Å²) in [7, 11) is 0. The summed E-state index contributed by atoms with van der Waals surface area (Å²) in [6, 6.07) is 14.2. The summed E-state index contributed by atoms with van der Waals surface area (Å²) in [4.78, 5) is 12.4. The molecule has 4 heteroatoms. The van der Waals surface area contributed by atoms with Gasteiger partial charge in [-0.1, -0.05) is 30.3 Å². The summed E-state index contributed by atoms with van der Waals surface area (Å²) in [6.45, 7) is 2.78. The SMILES string of the molecule is CCn1c(=O)n(Cc2ccccc2F)c2ccccc21. The van der Waals surface area contributed by atoms with Crippen molar-refractivity contribution in [1.82, 2.24) is 9.13 Å². The van der Waals surface area contributed by atoms with Gasteiger partial charge in [0.05, 0.1) is 17.6 Å². The minimum absolute atomic E-state index is 0.100. The first-order valence-corrected chi connectivity index (χ1v) is 6.64. The fraction of sp³-hybridized carbons (Fsp3) is 0.188. The Bertz CT molecular complexity index is 817. The molecule has 1 aromatic heterocycles. The predicted octanol–water partition coefficient (Wildman–Crippen LogP) is 3.01. The van der Waals surface area contributed by atoms with E-state index in [4.69, 9.17) is 0 Å². The van der Waals surface area contributed by atoms with Crippen LogP contribution in [0.4, 0.5) is 4.39 Å². The molecule has 3 aromatic rings. The first kappa shape index (κ1) is 12.7. The van der Waals surface area contributed by atoms with E-state index in [0.29, 0.717) is 12.1 Å². The third-order valence-corrected chi connectivity index (χ3v) is 3.53. The number of hydrogen-bond donors (Lipinski definition) is 0. The van der Waals surface area contributed by atoms with Crippen molar-refractivity contribution in [3.05, 3.63) is 70.4 Å². The lowest BCUT2D eigenvalue weighted by atomic mass is 10.2. The van der Waals surface area contributed by atoms with Crippen LogP contribution in [-0.4, -0.2) is 9.13 Å². The zero-order valence-corrected chi connectivity index (χ0v) is 11.2. The minimum atomic E-state index is -0.285. The first-order valence-electron chi connectivity index (χ1n) is 6.64. The molecule has 1 heterocycles. The van der Waals surface area contributed by atoms with Crippen molar-refractivity contribution in [3.8, 4) is 0 Å². The van der Waals surface area contributed by atoms with Crippen molar-refractivity contribution >= 4 is 11.0 Å². The van der Waals surface area contributed by atoms with Crippen LogP contribution in [0.3, 0.4) is 0 Å². The van der Waals surface area contributed by atoms with Crippen LogP contribution >= 0.6 is 0 Å². The van der Waals surface area contributed by atoms with Crippen LogP contribution in [0.5, 0.6) is 0 Å². The number of aromatic nitrogens is 2. The summed E-state index contributed by atoms with van der Waals surface area (Å²) >= 11 is 0. The van der Waals surface area contributed by atoms with Gasteiger partial charge in [-0.15, -0.1) is 0 Å². The van der Waals surface area contributed by atoms with Crippen molar-refractivity contribution in [2.75, 3.05) is 0 Å². The zero-order chi connectivity index (χ0) is 14.1. The molecular formula is C16H15FN2O. The van der Waals surface area contributed by atoms with Crippen LogP contribution in [0.25, 0.3) is 11.0 Å². The number of rotatable bonds is 3. The Morgan fingerprint density at radius 3 is 2.20 bits per heavy atom. The quantitative estimate of drug-likeness (QED) is 0.718. The van der Waals surface area contributed by atoms with Crippen LogP contribution in [0, 0.1) is 5.82 Å². The largest absolute Gasteiger partial charge is 0.329 e. The standard InChI is InChI=1S/C16H15FN2O/c1-2-18-14-9-5-6-10-15(14)19(16(18)20)11-12-7-3-4-8-13(12)17/h3-10H,2,11H2,1H3. The molecule has 0 radical (unpaired) electrons. The number of benzene rings is 2. The number of aryl methyl sites for hydroxylation is 1. The van der Waals surface area contributed by atoms with E-state index in [0.717, 1.165) is 11.0 Å². The maximum atomic E-state index is 13.8. The van der Waals surface area contributed by atoms with E-state index in [1.165, 1.54) is 6.07 Å². The minimum Gasteiger partial charge on any atom is -0.292 e. The highest BCUT2D eigenvalue weighted by Crippen LogP contribution is 2.15. The Labute approximate surface area is 115 Å². The monoisotopic (exact) mass is 270 g/mol. The maximum absolute atomic E-state index is 13.8. The van der Waals surface area contributed by atoms with E-state index in [1.807, 2.05) is 31.2 Å². The Kier molecular flexibility index (Phi) is 3.14. The zero-order valence-electron chi connectivity index (χ0n) is 11.2. The van der Waals surface area contributed by atoms with Gasteiger partial charge in [0.25, 0.3) is 0 Å². The third-order valence-electron chi connectivity index (χ3n) is 3.53. The second kappa shape index (κ2) is 4.96. The van der Waals surface area contributed by atoms with Gasteiger partial charge in [-0.3, -0.25) is 9.13 Å². The molecule has 0 fully saturated rings. The number of fused-ring (bicyclic) bond motifs is 1. The van der Waals surface area contributed by atoms with Crippen LogP contribution in [0.2, 0.25) is 0 Å². The molecule has 3 nitrogen and oxygen atoms in total. The Morgan fingerprint density at radius 1 is 0.950 bits per heavy atom. The molecular weight excluding hydrogens is 255 g/mol. The number of halogens is 1. The highest BCUT2D eigenvalue weighted by molar-refractivity contribution is 5.76. The highest BCUT2D eigenvalue weighted by atomic mass is 19.1. The average Bonchev–Trinajstić information content (AvgIpc) is 2.74. The van der Waals surface area contributed by atoms with E-state index in [-0.39, 0.29) is 18.1 Å². The molecule has 0 atom stereocenters. The lowest BCUT2D eigenvalue weighted by Crippen LogP contribution is -2.24. The normalized spacial score (nSPS) is 11.1. The molecule has 3 rings (SSSR count). The van der Waals surface area contributed by atoms with Crippen molar-refractivity contribution < 1.29 is 4.39 Å². The molecule has 20 heavy (non-hydrogen) atoms. The fourth-order valence-electron chi connectivity index (χ4n) is 2.53. The van der Waals surface area contributed by atoms with Gasteiger partial charge in [-0.2, -0.15) is 0 Å². The summed E-state index contributed by atoms with van der Waals surface area (Å²) in [5.74, 6) is -0.285. The van der Waals surface area contributed by atoms with Crippen molar-refractivity contribution in [3.63, 3.8) is 0 Å². The summed E-state index contributed by atoms with van der Waals surface area (Å²) in [5, 5.41) is 0. The lowest BCUT2D eigenvalue weighted by Gasteiger charge is -2.04. The summed E-state index contributed by atoms with van der Waals surface area (Å²) in [6.07, 6.45) is 0. The lowest BCUT2D eigenvalue weighted by molar-refractivity contribution is 0.594. The van der Waals surface area contributed by atoms with Crippen molar-refractivity contribution in [2.24, 2.45) is 0 Å². The van der Waals surface area contributed by atoms with Gasteiger partial charge in [0.15, 0.2) is 0 Å². The molecule has 0 saturated heterocycles. The molecule has 0 amide bonds. The Morgan fingerprint density at radius 2 is 1.55 bits per heavy atom. The molecule has 0 spiro atoms. The van der Waals surface area contributed by atoms with E-state index in [1.54, 1.807) is 27.3 Å². The average molecular weight is 270 g/mol. The van der Waals surface area contributed by atoms with Gasteiger partial charge in [-0.25, -0.2) is 9.18 Å². The van der Waals surface area contributed by atoms with Gasteiger partial charge in [0.2, 0.25) is 0 Å². The van der Waals surface area contributed by atoms with Crippen LogP contribution in [-0.2, 0) is 13.1 Å². The number of nitrogens with zero attached hydrogens (tertiary/aromatic N) is 2. The van der Waals surface area contributed by atoms with E-state index < -0.39 is 0 Å². The Balaban J connectivity index is 2.20. The van der Waals surface area contributed by atoms with Gasteiger partial charge in [0, 0.05) is 12.1 Å².